The fourth-order valence-corrected chi connectivity index (χ4v) is 4.54. The number of fused-ring (bicyclic) bond motifs is 1. The third kappa shape index (κ3) is 3.44. The van der Waals surface area contributed by atoms with Gasteiger partial charge in [-0.15, -0.1) is 0 Å². The van der Waals surface area contributed by atoms with E-state index in [4.69, 9.17) is 16.0 Å². The SMILES string of the molecule is O=C1CCCC[C@@H]1Sc1nc2cc(Cl)ccc2c(=O)n1Cc1ccco1. The Hall–Kier alpha value is -2.05. The summed E-state index contributed by atoms with van der Waals surface area (Å²) in [7, 11) is 0. The molecule has 0 aliphatic heterocycles. The first-order chi connectivity index (χ1) is 12.6. The number of benzene rings is 1. The van der Waals surface area contributed by atoms with Crippen LogP contribution in [0.4, 0.5) is 0 Å². The number of rotatable bonds is 4. The molecule has 0 bridgehead atoms. The molecule has 2 aromatic heterocycles. The lowest BCUT2D eigenvalue weighted by Crippen LogP contribution is -2.27. The monoisotopic (exact) mass is 388 g/mol. The van der Waals surface area contributed by atoms with Crippen molar-refractivity contribution in [2.45, 2.75) is 42.6 Å². The zero-order chi connectivity index (χ0) is 18.1. The van der Waals surface area contributed by atoms with Gasteiger partial charge in [0, 0.05) is 11.4 Å². The van der Waals surface area contributed by atoms with Gasteiger partial charge in [0.1, 0.15) is 11.5 Å². The lowest BCUT2D eigenvalue weighted by molar-refractivity contribution is -0.119. The molecule has 7 heteroatoms. The van der Waals surface area contributed by atoms with Gasteiger partial charge in [0.15, 0.2) is 5.16 Å². The van der Waals surface area contributed by atoms with Crippen molar-refractivity contribution >= 4 is 40.0 Å². The van der Waals surface area contributed by atoms with Crippen molar-refractivity contribution in [2.24, 2.45) is 0 Å². The van der Waals surface area contributed by atoms with Crippen LogP contribution in [0.1, 0.15) is 31.4 Å². The predicted molar refractivity (Wildman–Crippen MR) is 102 cm³/mol. The lowest BCUT2D eigenvalue weighted by atomic mass is 9.99. The average molecular weight is 389 g/mol. The van der Waals surface area contributed by atoms with E-state index in [2.05, 4.69) is 4.98 Å². The topological polar surface area (TPSA) is 65.1 Å². The number of Topliss-reactive ketones (excluding diaryl/α,β-unsaturated/α-hetero) is 1. The molecule has 1 aliphatic carbocycles. The molecule has 0 unspecified atom stereocenters. The Morgan fingerprint density at radius 1 is 1.27 bits per heavy atom. The minimum absolute atomic E-state index is 0.157. The van der Waals surface area contributed by atoms with Crippen molar-refractivity contribution < 1.29 is 9.21 Å². The minimum Gasteiger partial charge on any atom is -0.467 e. The van der Waals surface area contributed by atoms with Gasteiger partial charge in [0.25, 0.3) is 5.56 Å². The van der Waals surface area contributed by atoms with Gasteiger partial charge in [0.05, 0.1) is 29.0 Å². The third-order valence-corrected chi connectivity index (χ3v) is 6.06. The van der Waals surface area contributed by atoms with Crippen molar-refractivity contribution in [3.8, 4) is 0 Å². The van der Waals surface area contributed by atoms with Crippen LogP contribution < -0.4 is 5.56 Å². The Balaban J connectivity index is 1.81. The molecule has 5 nitrogen and oxygen atoms in total. The molecule has 0 radical (unpaired) electrons. The maximum absolute atomic E-state index is 13.0. The van der Waals surface area contributed by atoms with E-state index < -0.39 is 0 Å². The first-order valence-electron chi connectivity index (χ1n) is 8.53. The Kier molecular flexibility index (Phi) is 4.87. The maximum Gasteiger partial charge on any atom is 0.262 e. The molecule has 0 spiro atoms. The summed E-state index contributed by atoms with van der Waals surface area (Å²) >= 11 is 7.44. The summed E-state index contributed by atoms with van der Waals surface area (Å²) in [5, 5.41) is 1.40. The van der Waals surface area contributed by atoms with E-state index in [-0.39, 0.29) is 23.1 Å². The summed E-state index contributed by atoms with van der Waals surface area (Å²) in [4.78, 5) is 30.0. The standard InChI is InChI=1S/C19H17ClN2O3S/c20-12-7-8-14-15(10-12)21-19(26-17-6-2-1-5-16(17)23)22(18(14)24)11-13-4-3-9-25-13/h3-4,7-10,17H,1-2,5-6,11H2/t17-/m0/s1. The third-order valence-electron chi connectivity index (χ3n) is 4.52. The molecule has 26 heavy (non-hydrogen) atoms. The zero-order valence-corrected chi connectivity index (χ0v) is 15.6. The number of ketones is 1. The van der Waals surface area contributed by atoms with Crippen molar-refractivity contribution in [1.82, 2.24) is 9.55 Å². The van der Waals surface area contributed by atoms with Crippen LogP contribution >= 0.6 is 23.4 Å². The number of carbonyl (C=O) groups is 1. The number of aromatic nitrogens is 2. The molecule has 1 fully saturated rings. The van der Waals surface area contributed by atoms with Gasteiger partial charge >= 0.3 is 0 Å². The van der Waals surface area contributed by atoms with Gasteiger partial charge in [-0.2, -0.15) is 0 Å². The average Bonchev–Trinajstić information content (AvgIpc) is 3.13. The second-order valence-corrected chi connectivity index (χ2v) is 7.95. The number of carbonyl (C=O) groups excluding carboxylic acids is 1. The van der Waals surface area contributed by atoms with Gasteiger partial charge in [-0.25, -0.2) is 4.98 Å². The molecule has 1 atom stereocenters. The predicted octanol–water partition coefficient (Wildman–Crippen LogP) is 4.30. The largest absolute Gasteiger partial charge is 0.467 e. The van der Waals surface area contributed by atoms with Crippen LogP contribution in [0.5, 0.6) is 0 Å². The summed E-state index contributed by atoms with van der Waals surface area (Å²) in [6.45, 7) is 0.278. The number of hydrogen-bond donors (Lipinski definition) is 0. The Morgan fingerprint density at radius 2 is 2.15 bits per heavy atom. The molecule has 0 amide bonds. The van der Waals surface area contributed by atoms with Crippen molar-refractivity contribution in [1.29, 1.82) is 0 Å². The fraction of sp³-hybridized carbons (Fsp3) is 0.316. The highest BCUT2D eigenvalue weighted by molar-refractivity contribution is 8.00. The number of halogens is 1. The molecule has 0 N–H and O–H groups in total. The van der Waals surface area contributed by atoms with E-state index in [1.165, 1.54) is 11.8 Å². The summed E-state index contributed by atoms with van der Waals surface area (Å²) < 4.78 is 6.99. The van der Waals surface area contributed by atoms with E-state index in [1.54, 1.807) is 35.1 Å². The van der Waals surface area contributed by atoms with Crippen LogP contribution in [0.25, 0.3) is 10.9 Å². The van der Waals surface area contributed by atoms with E-state index in [9.17, 15) is 9.59 Å². The van der Waals surface area contributed by atoms with Crippen molar-refractivity contribution in [3.05, 3.63) is 57.7 Å². The van der Waals surface area contributed by atoms with Crippen LogP contribution in [0.2, 0.25) is 5.02 Å². The highest BCUT2D eigenvalue weighted by atomic mass is 35.5. The number of thioether (sulfide) groups is 1. The first-order valence-corrected chi connectivity index (χ1v) is 9.79. The summed E-state index contributed by atoms with van der Waals surface area (Å²) in [6.07, 6.45) is 4.94. The Bertz CT molecular complexity index is 1010. The molecule has 1 saturated carbocycles. The van der Waals surface area contributed by atoms with Crippen LogP contribution in [0.3, 0.4) is 0 Å². The molecule has 1 aromatic carbocycles. The molecule has 134 valence electrons. The number of hydrogen-bond acceptors (Lipinski definition) is 5. The fourth-order valence-electron chi connectivity index (χ4n) is 3.16. The second-order valence-electron chi connectivity index (χ2n) is 6.35. The Morgan fingerprint density at radius 3 is 2.92 bits per heavy atom. The van der Waals surface area contributed by atoms with Crippen LogP contribution in [0, 0.1) is 0 Å². The normalized spacial score (nSPS) is 17.7. The molecule has 4 rings (SSSR count). The first kappa shape index (κ1) is 17.4. The van der Waals surface area contributed by atoms with Gasteiger partial charge in [-0.05, 0) is 43.2 Å². The number of furan rings is 1. The smallest absolute Gasteiger partial charge is 0.262 e. The summed E-state index contributed by atoms with van der Waals surface area (Å²) in [5.41, 5.74) is 0.387. The van der Waals surface area contributed by atoms with E-state index in [0.29, 0.717) is 33.3 Å². The van der Waals surface area contributed by atoms with Crippen LogP contribution in [0.15, 0.2) is 51.0 Å². The molecule has 0 saturated heterocycles. The molecule has 1 aliphatic rings. The molecule has 2 heterocycles. The highest BCUT2D eigenvalue weighted by Gasteiger charge is 2.26. The zero-order valence-electron chi connectivity index (χ0n) is 14.0. The highest BCUT2D eigenvalue weighted by Crippen LogP contribution is 2.31. The Labute approximate surface area is 159 Å². The van der Waals surface area contributed by atoms with Gasteiger partial charge in [0.2, 0.25) is 0 Å². The summed E-state index contributed by atoms with van der Waals surface area (Å²) in [6, 6.07) is 8.65. The molecular weight excluding hydrogens is 372 g/mol. The van der Waals surface area contributed by atoms with Crippen molar-refractivity contribution in [3.63, 3.8) is 0 Å². The molecule has 3 aromatic rings. The van der Waals surface area contributed by atoms with Crippen LogP contribution in [-0.4, -0.2) is 20.6 Å². The summed E-state index contributed by atoms with van der Waals surface area (Å²) in [5.74, 6) is 0.894. The van der Waals surface area contributed by atoms with E-state index >= 15 is 0 Å². The number of nitrogens with zero attached hydrogens (tertiary/aromatic N) is 2. The van der Waals surface area contributed by atoms with Gasteiger partial charge < -0.3 is 4.42 Å². The van der Waals surface area contributed by atoms with Gasteiger partial charge in [-0.3, -0.25) is 14.2 Å². The quantitative estimate of drug-likeness (QED) is 0.623. The van der Waals surface area contributed by atoms with Gasteiger partial charge in [-0.1, -0.05) is 29.8 Å². The van der Waals surface area contributed by atoms with E-state index in [1.807, 2.05) is 6.07 Å². The van der Waals surface area contributed by atoms with E-state index in [0.717, 1.165) is 19.3 Å². The second kappa shape index (κ2) is 7.29. The minimum atomic E-state index is -0.158. The van der Waals surface area contributed by atoms with Crippen LogP contribution in [-0.2, 0) is 11.3 Å². The lowest BCUT2D eigenvalue weighted by Gasteiger charge is -2.21. The maximum atomic E-state index is 13.0. The molecular formula is C19H17ClN2O3S. The van der Waals surface area contributed by atoms with Crippen molar-refractivity contribution in [2.75, 3.05) is 0 Å².